The van der Waals surface area contributed by atoms with E-state index < -0.39 is 0 Å². The normalized spacial score (nSPS) is 10.5. The van der Waals surface area contributed by atoms with Gasteiger partial charge in [0.2, 0.25) is 0 Å². The van der Waals surface area contributed by atoms with E-state index in [0.29, 0.717) is 19.8 Å². The van der Waals surface area contributed by atoms with Gasteiger partial charge in [0.05, 0.1) is 43.1 Å². The Labute approximate surface area is 154 Å². The standard InChI is InChI=1S/C22H22N2O2/c1-25-14-15-26-17-21-13-12-20(16-23-21)24-22(18-8-4-2-5-9-18)19-10-6-3-7-11-19/h2-13,16H,14-15,17H2,1H3. The Kier molecular flexibility index (Phi) is 6.65. The molecular weight excluding hydrogens is 324 g/mol. The maximum absolute atomic E-state index is 5.50. The minimum Gasteiger partial charge on any atom is -0.382 e. The number of hydrogen-bond donors (Lipinski definition) is 0. The van der Waals surface area contributed by atoms with Gasteiger partial charge < -0.3 is 9.47 Å². The lowest BCUT2D eigenvalue weighted by Crippen LogP contribution is -2.03. The molecule has 0 aliphatic carbocycles. The lowest BCUT2D eigenvalue weighted by Gasteiger charge is -2.08. The molecule has 0 amide bonds. The van der Waals surface area contributed by atoms with Crippen LogP contribution in [0.25, 0.3) is 0 Å². The van der Waals surface area contributed by atoms with E-state index in [1.54, 1.807) is 13.3 Å². The van der Waals surface area contributed by atoms with Gasteiger partial charge >= 0.3 is 0 Å². The summed E-state index contributed by atoms with van der Waals surface area (Å²) in [5, 5.41) is 0. The maximum atomic E-state index is 5.50. The van der Waals surface area contributed by atoms with Crippen LogP contribution in [0.5, 0.6) is 0 Å². The molecule has 0 unspecified atom stereocenters. The molecule has 0 spiro atoms. The molecule has 4 nitrogen and oxygen atoms in total. The van der Waals surface area contributed by atoms with E-state index in [9.17, 15) is 0 Å². The number of aromatic nitrogens is 1. The maximum Gasteiger partial charge on any atom is 0.0889 e. The van der Waals surface area contributed by atoms with Gasteiger partial charge in [0.25, 0.3) is 0 Å². The Hall–Kier alpha value is -2.82. The first-order valence-electron chi connectivity index (χ1n) is 8.58. The lowest BCUT2D eigenvalue weighted by molar-refractivity contribution is 0.0602. The predicted octanol–water partition coefficient (Wildman–Crippen LogP) is 4.41. The third kappa shape index (κ3) is 5.09. The van der Waals surface area contributed by atoms with Crippen molar-refractivity contribution in [2.75, 3.05) is 20.3 Å². The highest BCUT2D eigenvalue weighted by Crippen LogP contribution is 2.18. The van der Waals surface area contributed by atoms with Crippen molar-refractivity contribution < 1.29 is 9.47 Å². The summed E-state index contributed by atoms with van der Waals surface area (Å²) in [4.78, 5) is 9.29. The van der Waals surface area contributed by atoms with Crippen LogP contribution in [0, 0.1) is 0 Å². The van der Waals surface area contributed by atoms with E-state index in [2.05, 4.69) is 29.2 Å². The van der Waals surface area contributed by atoms with E-state index in [0.717, 1.165) is 28.2 Å². The largest absolute Gasteiger partial charge is 0.382 e. The highest BCUT2D eigenvalue weighted by Gasteiger charge is 2.07. The molecule has 2 aromatic carbocycles. The number of rotatable bonds is 8. The third-order valence-corrected chi connectivity index (χ3v) is 3.83. The van der Waals surface area contributed by atoms with E-state index in [4.69, 9.17) is 14.5 Å². The Balaban J connectivity index is 1.82. The molecule has 132 valence electrons. The number of ether oxygens (including phenoxy) is 2. The number of nitrogens with zero attached hydrogens (tertiary/aromatic N) is 2. The molecule has 3 aromatic rings. The van der Waals surface area contributed by atoms with Crippen LogP contribution in [-0.2, 0) is 16.1 Å². The fourth-order valence-electron chi connectivity index (χ4n) is 2.50. The van der Waals surface area contributed by atoms with Gasteiger partial charge in [0, 0.05) is 18.2 Å². The first kappa shape index (κ1) is 18.0. The topological polar surface area (TPSA) is 43.7 Å². The van der Waals surface area contributed by atoms with Crippen molar-refractivity contribution in [2.45, 2.75) is 6.61 Å². The van der Waals surface area contributed by atoms with Gasteiger partial charge in [-0.15, -0.1) is 0 Å². The van der Waals surface area contributed by atoms with Gasteiger partial charge in [-0.2, -0.15) is 0 Å². The summed E-state index contributed by atoms with van der Waals surface area (Å²) in [6, 6.07) is 24.3. The molecule has 0 bridgehead atoms. The van der Waals surface area contributed by atoms with Gasteiger partial charge in [0.1, 0.15) is 0 Å². The molecule has 0 fully saturated rings. The van der Waals surface area contributed by atoms with Crippen molar-refractivity contribution in [2.24, 2.45) is 4.99 Å². The number of methoxy groups -OCH3 is 1. The second-order valence-electron chi connectivity index (χ2n) is 5.75. The zero-order valence-corrected chi connectivity index (χ0v) is 14.8. The van der Waals surface area contributed by atoms with Crippen molar-refractivity contribution in [1.82, 2.24) is 4.98 Å². The molecule has 3 rings (SSSR count). The van der Waals surface area contributed by atoms with E-state index >= 15 is 0 Å². The van der Waals surface area contributed by atoms with Gasteiger partial charge in [-0.05, 0) is 12.1 Å². The molecule has 0 radical (unpaired) electrons. The molecule has 0 N–H and O–H groups in total. The van der Waals surface area contributed by atoms with Crippen LogP contribution in [0.1, 0.15) is 16.8 Å². The average Bonchev–Trinajstić information content (AvgIpc) is 2.72. The summed E-state index contributed by atoms with van der Waals surface area (Å²) in [6.45, 7) is 1.61. The molecule has 0 saturated heterocycles. The highest BCUT2D eigenvalue weighted by molar-refractivity contribution is 6.13. The van der Waals surface area contributed by atoms with Crippen LogP contribution < -0.4 is 0 Å². The second kappa shape index (κ2) is 9.61. The summed E-state index contributed by atoms with van der Waals surface area (Å²) in [5.41, 5.74) is 4.77. The van der Waals surface area contributed by atoms with Gasteiger partial charge in [-0.3, -0.25) is 4.98 Å². The Morgan fingerprint density at radius 1 is 0.846 bits per heavy atom. The summed E-state index contributed by atoms with van der Waals surface area (Å²) in [7, 11) is 1.66. The Morgan fingerprint density at radius 2 is 1.50 bits per heavy atom. The molecule has 0 atom stereocenters. The second-order valence-corrected chi connectivity index (χ2v) is 5.75. The molecule has 0 saturated carbocycles. The first-order chi connectivity index (χ1) is 12.9. The summed E-state index contributed by atoms with van der Waals surface area (Å²) < 4.78 is 10.5. The van der Waals surface area contributed by atoms with Crippen molar-refractivity contribution in [3.05, 3.63) is 95.8 Å². The predicted molar refractivity (Wildman–Crippen MR) is 104 cm³/mol. The summed E-state index contributed by atoms with van der Waals surface area (Å²) in [5.74, 6) is 0. The van der Waals surface area contributed by atoms with Crippen molar-refractivity contribution in [1.29, 1.82) is 0 Å². The number of aliphatic imine (C=N–C) groups is 1. The number of pyridine rings is 1. The fraction of sp³-hybridized carbons (Fsp3) is 0.182. The van der Waals surface area contributed by atoms with Crippen molar-refractivity contribution in [3.63, 3.8) is 0 Å². The first-order valence-corrected chi connectivity index (χ1v) is 8.58. The Morgan fingerprint density at radius 3 is 2.04 bits per heavy atom. The van der Waals surface area contributed by atoms with E-state index in [1.165, 1.54) is 0 Å². The fourth-order valence-corrected chi connectivity index (χ4v) is 2.50. The third-order valence-electron chi connectivity index (χ3n) is 3.83. The zero-order valence-electron chi connectivity index (χ0n) is 14.8. The van der Waals surface area contributed by atoms with E-state index in [1.807, 2.05) is 48.5 Å². The molecule has 4 heteroatoms. The molecular formula is C22H22N2O2. The average molecular weight is 346 g/mol. The van der Waals surface area contributed by atoms with Crippen LogP contribution in [0.4, 0.5) is 5.69 Å². The lowest BCUT2D eigenvalue weighted by atomic mass is 10.0. The minimum atomic E-state index is 0.470. The van der Waals surface area contributed by atoms with Gasteiger partial charge in [-0.25, -0.2) is 4.99 Å². The van der Waals surface area contributed by atoms with Crippen molar-refractivity contribution >= 4 is 11.4 Å². The number of benzene rings is 2. The van der Waals surface area contributed by atoms with Crippen LogP contribution in [0.15, 0.2) is 84.0 Å². The smallest absolute Gasteiger partial charge is 0.0889 e. The van der Waals surface area contributed by atoms with E-state index in [-0.39, 0.29) is 0 Å². The quantitative estimate of drug-likeness (QED) is 0.448. The van der Waals surface area contributed by atoms with Crippen molar-refractivity contribution in [3.8, 4) is 0 Å². The molecule has 0 aliphatic rings. The molecule has 26 heavy (non-hydrogen) atoms. The highest BCUT2D eigenvalue weighted by atomic mass is 16.5. The van der Waals surface area contributed by atoms with Crippen LogP contribution in [-0.4, -0.2) is 31.0 Å². The Bertz CT molecular complexity index is 774. The molecule has 1 aromatic heterocycles. The monoisotopic (exact) mass is 346 g/mol. The summed E-state index contributed by atoms with van der Waals surface area (Å²) >= 11 is 0. The SMILES string of the molecule is COCCOCc1ccc(N=C(c2ccccc2)c2ccccc2)cn1. The summed E-state index contributed by atoms with van der Waals surface area (Å²) in [6.07, 6.45) is 1.78. The van der Waals surface area contributed by atoms with Crippen LogP contribution >= 0.6 is 0 Å². The number of hydrogen-bond acceptors (Lipinski definition) is 4. The van der Waals surface area contributed by atoms with Crippen LogP contribution in [0.2, 0.25) is 0 Å². The molecule has 1 heterocycles. The zero-order chi connectivity index (χ0) is 18.0. The minimum absolute atomic E-state index is 0.470. The molecule has 0 aliphatic heterocycles. The van der Waals surface area contributed by atoms with Gasteiger partial charge in [0.15, 0.2) is 0 Å². The van der Waals surface area contributed by atoms with Gasteiger partial charge in [-0.1, -0.05) is 60.7 Å². The van der Waals surface area contributed by atoms with Crippen LogP contribution in [0.3, 0.4) is 0 Å².